The van der Waals surface area contributed by atoms with E-state index in [2.05, 4.69) is 12.2 Å². The van der Waals surface area contributed by atoms with Gasteiger partial charge in [-0.3, -0.25) is 0 Å². The lowest BCUT2D eigenvalue weighted by atomic mass is 10.0. The number of carbonyl (C=O) groups excluding carboxylic acids is 1. The van der Waals surface area contributed by atoms with E-state index >= 15 is 0 Å². The molecule has 0 aromatic rings. The Kier molecular flexibility index (Phi) is 7.34. The van der Waals surface area contributed by atoms with Crippen molar-refractivity contribution in [2.24, 2.45) is 0 Å². The molecule has 0 fully saturated rings. The summed E-state index contributed by atoms with van der Waals surface area (Å²) >= 11 is 0. The first-order valence-corrected chi connectivity index (χ1v) is 5.60. The summed E-state index contributed by atoms with van der Waals surface area (Å²) in [5.41, 5.74) is -0.720. The quantitative estimate of drug-likeness (QED) is 0.623. The number of ether oxygens (including phenoxy) is 2. The van der Waals surface area contributed by atoms with Gasteiger partial charge in [0.05, 0.1) is 13.2 Å². The molecule has 0 aliphatic heterocycles. The molecule has 0 amide bonds. The van der Waals surface area contributed by atoms with Gasteiger partial charge in [0.25, 0.3) is 0 Å². The van der Waals surface area contributed by atoms with Crippen LogP contribution in [-0.4, -0.2) is 37.9 Å². The van der Waals surface area contributed by atoms with Gasteiger partial charge in [0.15, 0.2) is 0 Å². The predicted octanol–water partition coefficient (Wildman–Crippen LogP) is 1.34. The maximum Gasteiger partial charge on any atom is 0.328 e. The van der Waals surface area contributed by atoms with Crippen LogP contribution in [0.4, 0.5) is 0 Å². The Bertz CT molecular complexity index is 175. The summed E-state index contributed by atoms with van der Waals surface area (Å²) in [5, 5.41) is 3.17. The van der Waals surface area contributed by atoms with Crippen molar-refractivity contribution in [3.63, 3.8) is 0 Å². The van der Waals surface area contributed by atoms with Gasteiger partial charge in [0.2, 0.25) is 0 Å². The zero-order valence-electron chi connectivity index (χ0n) is 10.3. The van der Waals surface area contributed by atoms with Crippen molar-refractivity contribution >= 4 is 5.97 Å². The molecule has 0 spiro atoms. The number of rotatable bonds is 8. The van der Waals surface area contributed by atoms with Gasteiger partial charge in [-0.2, -0.15) is 0 Å². The van der Waals surface area contributed by atoms with E-state index in [1.165, 1.54) is 0 Å². The predicted molar refractivity (Wildman–Crippen MR) is 59.8 cm³/mol. The van der Waals surface area contributed by atoms with Crippen LogP contribution in [0.3, 0.4) is 0 Å². The summed E-state index contributed by atoms with van der Waals surface area (Å²) in [7, 11) is 0. The SMILES string of the molecule is CCCNC(C)(COCC)C(=O)OCC. The first-order chi connectivity index (χ1) is 7.10. The fourth-order valence-corrected chi connectivity index (χ4v) is 1.18. The Labute approximate surface area is 92.3 Å². The van der Waals surface area contributed by atoms with Crippen molar-refractivity contribution in [3.8, 4) is 0 Å². The molecular weight excluding hydrogens is 194 g/mol. The van der Waals surface area contributed by atoms with Crippen LogP contribution in [0.25, 0.3) is 0 Å². The zero-order chi connectivity index (χ0) is 11.7. The minimum absolute atomic E-state index is 0.244. The van der Waals surface area contributed by atoms with E-state index in [1.807, 2.05) is 13.8 Å². The van der Waals surface area contributed by atoms with E-state index in [4.69, 9.17) is 9.47 Å². The number of nitrogens with one attached hydrogen (secondary N) is 1. The van der Waals surface area contributed by atoms with Gasteiger partial charge in [-0.25, -0.2) is 4.79 Å². The molecule has 0 rings (SSSR count). The molecular formula is C11H23NO3. The van der Waals surface area contributed by atoms with Gasteiger partial charge in [0.1, 0.15) is 5.54 Å². The molecule has 1 unspecified atom stereocenters. The lowest BCUT2D eigenvalue weighted by Gasteiger charge is -2.28. The van der Waals surface area contributed by atoms with Crippen LogP contribution in [0.5, 0.6) is 0 Å². The van der Waals surface area contributed by atoms with Crippen molar-refractivity contribution in [1.82, 2.24) is 5.32 Å². The van der Waals surface area contributed by atoms with Crippen LogP contribution < -0.4 is 5.32 Å². The molecule has 0 aromatic heterocycles. The molecule has 1 N–H and O–H groups in total. The maximum atomic E-state index is 11.7. The highest BCUT2D eigenvalue weighted by Crippen LogP contribution is 2.08. The minimum Gasteiger partial charge on any atom is -0.465 e. The largest absolute Gasteiger partial charge is 0.465 e. The van der Waals surface area contributed by atoms with E-state index in [0.29, 0.717) is 19.8 Å². The second kappa shape index (κ2) is 7.65. The monoisotopic (exact) mass is 217 g/mol. The van der Waals surface area contributed by atoms with Gasteiger partial charge in [0, 0.05) is 6.61 Å². The van der Waals surface area contributed by atoms with Crippen molar-refractivity contribution in [1.29, 1.82) is 0 Å². The molecule has 4 nitrogen and oxygen atoms in total. The smallest absolute Gasteiger partial charge is 0.328 e. The molecule has 0 aliphatic rings. The van der Waals surface area contributed by atoms with Crippen molar-refractivity contribution < 1.29 is 14.3 Å². The Balaban J connectivity index is 4.30. The molecule has 0 radical (unpaired) electrons. The van der Waals surface area contributed by atoms with Crippen LogP contribution >= 0.6 is 0 Å². The van der Waals surface area contributed by atoms with Gasteiger partial charge < -0.3 is 14.8 Å². The lowest BCUT2D eigenvalue weighted by molar-refractivity contribution is -0.153. The molecule has 0 saturated carbocycles. The average molecular weight is 217 g/mol. The van der Waals surface area contributed by atoms with Crippen LogP contribution in [-0.2, 0) is 14.3 Å². The summed E-state index contributed by atoms with van der Waals surface area (Å²) in [6.45, 7) is 9.71. The first kappa shape index (κ1) is 14.4. The van der Waals surface area contributed by atoms with Crippen LogP contribution in [0.1, 0.15) is 34.1 Å². The fraction of sp³-hybridized carbons (Fsp3) is 0.909. The summed E-state index contributed by atoms with van der Waals surface area (Å²) in [6, 6.07) is 0. The van der Waals surface area contributed by atoms with Gasteiger partial charge >= 0.3 is 5.97 Å². The number of carbonyl (C=O) groups is 1. The zero-order valence-corrected chi connectivity index (χ0v) is 10.3. The molecule has 1 atom stereocenters. The number of hydrogen-bond donors (Lipinski definition) is 1. The molecule has 90 valence electrons. The van der Waals surface area contributed by atoms with Crippen LogP contribution in [0.2, 0.25) is 0 Å². The van der Waals surface area contributed by atoms with Crippen molar-refractivity contribution in [3.05, 3.63) is 0 Å². The molecule has 0 heterocycles. The molecule has 0 aliphatic carbocycles. The average Bonchev–Trinajstić information content (AvgIpc) is 2.24. The van der Waals surface area contributed by atoms with Crippen LogP contribution in [0, 0.1) is 0 Å². The summed E-state index contributed by atoms with van der Waals surface area (Å²) in [5.74, 6) is -0.244. The van der Waals surface area contributed by atoms with E-state index in [0.717, 1.165) is 13.0 Å². The van der Waals surface area contributed by atoms with Crippen molar-refractivity contribution in [2.45, 2.75) is 39.7 Å². The molecule has 0 aromatic carbocycles. The normalized spacial score (nSPS) is 14.7. The van der Waals surface area contributed by atoms with E-state index < -0.39 is 5.54 Å². The fourth-order valence-electron chi connectivity index (χ4n) is 1.18. The standard InChI is InChI=1S/C11H23NO3/c1-5-8-12-11(4,9-14-6-2)10(13)15-7-3/h12H,5-9H2,1-4H3. The minimum atomic E-state index is -0.720. The highest BCUT2D eigenvalue weighted by Gasteiger charge is 2.34. The Morgan fingerprint density at radius 1 is 1.27 bits per heavy atom. The second-order valence-corrected chi connectivity index (χ2v) is 3.62. The Morgan fingerprint density at radius 2 is 1.93 bits per heavy atom. The summed E-state index contributed by atoms with van der Waals surface area (Å²) in [4.78, 5) is 11.7. The summed E-state index contributed by atoms with van der Waals surface area (Å²) in [6.07, 6.45) is 0.973. The Hall–Kier alpha value is -0.610. The Morgan fingerprint density at radius 3 is 2.40 bits per heavy atom. The molecule has 15 heavy (non-hydrogen) atoms. The summed E-state index contributed by atoms with van der Waals surface area (Å²) < 4.78 is 10.3. The topological polar surface area (TPSA) is 47.6 Å². The molecule has 0 saturated heterocycles. The van der Waals surface area contributed by atoms with E-state index in [-0.39, 0.29) is 5.97 Å². The van der Waals surface area contributed by atoms with Crippen LogP contribution in [0.15, 0.2) is 0 Å². The van der Waals surface area contributed by atoms with Gasteiger partial charge in [-0.15, -0.1) is 0 Å². The first-order valence-electron chi connectivity index (χ1n) is 5.60. The number of esters is 1. The number of hydrogen-bond acceptors (Lipinski definition) is 4. The van der Waals surface area contributed by atoms with E-state index in [9.17, 15) is 4.79 Å². The highest BCUT2D eigenvalue weighted by atomic mass is 16.5. The molecule has 0 bridgehead atoms. The third-order valence-electron chi connectivity index (χ3n) is 2.09. The third kappa shape index (κ3) is 5.14. The molecule has 4 heteroatoms. The third-order valence-corrected chi connectivity index (χ3v) is 2.09. The maximum absolute atomic E-state index is 11.7. The highest BCUT2D eigenvalue weighted by molar-refractivity contribution is 5.80. The van der Waals surface area contributed by atoms with Crippen molar-refractivity contribution in [2.75, 3.05) is 26.4 Å². The lowest BCUT2D eigenvalue weighted by Crippen LogP contribution is -2.54. The van der Waals surface area contributed by atoms with Gasteiger partial charge in [-0.05, 0) is 33.7 Å². The van der Waals surface area contributed by atoms with Gasteiger partial charge in [-0.1, -0.05) is 6.92 Å². The van der Waals surface area contributed by atoms with E-state index in [1.54, 1.807) is 6.92 Å². The second-order valence-electron chi connectivity index (χ2n) is 3.62.